The van der Waals surface area contributed by atoms with Crippen LogP contribution in [0.1, 0.15) is 0 Å². The second kappa shape index (κ2) is 13.2. The molecular weight excluding hydrogens is 170 g/mol. The van der Waals surface area contributed by atoms with Crippen LogP contribution in [0.15, 0.2) is 30.3 Å². The molecule has 0 aromatic heterocycles. The van der Waals surface area contributed by atoms with Gasteiger partial charge in [0.2, 0.25) is 0 Å². The van der Waals surface area contributed by atoms with Crippen molar-refractivity contribution in [2.24, 2.45) is 5.73 Å². The number of hydrogen-bond acceptors (Lipinski definition) is 4. The zero-order valence-corrected chi connectivity index (χ0v) is 7.55. The van der Waals surface area contributed by atoms with Crippen molar-refractivity contribution in [2.45, 2.75) is 0 Å². The van der Waals surface area contributed by atoms with Gasteiger partial charge < -0.3 is 20.7 Å². The molecule has 1 aromatic carbocycles. The van der Waals surface area contributed by atoms with Gasteiger partial charge in [0.1, 0.15) is 12.0 Å². The van der Waals surface area contributed by atoms with Crippen molar-refractivity contribution in [3.63, 3.8) is 0 Å². The standard InChI is InChI=1S/C6H6O.C2H5NO.CH4O/c7-6-4-2-1-3-5-6;3-1-2-4;1-2/h1-5,7H;2H,1,3H2;2H,1H3. The number of phenols is 1. The first-order chi connectivity index (χ1) is 6.31. The molecule has 0 fully saturated rings. The van der Waals surface area contributed by atoms with E-state index in [4.69, 9.17) is 15.0 Å². The molecule has 74 valence electrons. The maximum absolute atomic E-state index is 9.05. The van der Waals surface area contributed by atoms with Gasteiger partial charge in [0.25, 0.3) is 0 Å². The van der Waals surface area contributed by atoms with Crippen LogP contribution in [0.4, 0.5) is 0 Å². The van der Waals surface area contributed by atoms with Gasteiger partial charge in [0, 0.05) is 13.7 Å². The highest BCUT2D eigenvalue weighted by atomic mass is 16.3. The van der Waals surface area contributed by atoms with E-state index in [1.807, 2.05) is 6.07 Å². The third-order valence-electron chi connectivity index (χ3n) is 0.852. The van der Waals surface area contributed by atoms with E-state index in [2.05, 4.69) is 5.73 Å². The SMILES string of the molecule is CO.NCC=O.Oc1ccccc1. The number of nitrogens with two attached hydrogens (primary N) is 1. The molecule has 0 spiro atoms. The number of carbonyl (C=O) groups is 1. The topological polar surface area (TPSA) is 83.5 Å². The van der Waals surface area contributed by atoms with Crippen molar-refractivity contribution < 1.29 is 15.0 Å². The number of benzene rings is 1. The van der Waals surface area contributed by atoms with E-state index in [-0.39, 0.29) is 6.54 Å². The molecule has 0 amide bonds. The number of rotatable bonds is 1. The summed E-state index contributed by atoms with van der Waals surface area (Å²) in [7, 11) is 1.00. The third-order valence-corrected chi connectivity index (χ3v) is 0.852. The predicted molar refractivity (Wildman–Crippen MR) is 51.4 cm³/mol. The van der Waals surface area contributed by atoms with Crippen molar-refractivity contribution in [3.05, 3.63) is 30.3 Å². The minimum atomic E-state index is 0.139. The van der Waals surface area contributed by atoms with Gasteiger partial charge in [0.05, 0.1) is 0 Å². The molecule has 0 aliphatic heterocycles. The quantitative estimate of drug-likeness (QED) is 0.543. The highest BCUT2D eigenvalue weighted by Gasteiger charge is 1.74. The second-order valence-corrected chi connectivity index (χ2v) is 1.74. The van der Waals surface area contributed by atoms with Crippen molar-refractivity contribution in [3.8, 4) is 5.75 Å². The maximum Gasteiger partial charge on any atom is 0.133 e. The van der Waals surface area contributed by atoms with E-state index in [1.54, 1.807) is 24.3 Å². The van der Waals surface area contributed by atoms with Gasteiger partial charge in [-0.1, -0.05) is 18.2 Å². The van der Waals surface area contributed by atoms with Crippen LogP contribution in [-0.4, -0.2) is 30.2 Å². The van der Waals surface area contributed by atoms with Crippen molar-refractivity contribution in [1.29, 1.82) is 0 Å². The highest BCUT2D eigenvalue weighted by molar-refractivity contribution is 5.51. The first kappa shape index (κ1) is 14.2. The number of phenolic OH excluding ortho intramolecular Hbond substituents is 1. The fourth-order valence-corrected chi connectivity index (χ4v) is 0.428. The molecular formula is C9H15NO3. The molecule has 0 radical (unpaired) electrons. The van der Waals surface area contributed by atoms with Gasteiger partial charge in [-0.3, -0.25) is 0 Å². The van der Waals surface area contributed by atoms with Crippen molar-refractivity contribution >= 4 is 6.29 Å². The van der Waals surface area contributed by atoms with Crippen molar-refractivity contribution in [1.82, 2.24) is 0 Å². The maximum atomic E-state index is 9.05. The minimum absolute atomic E-state index is 0.139. The summed E-state index contributed by atoms with van der Waals surface area (Å²) in [4.78, 5) is 9.05. The van der Waals surface area contributed by atoms with Crippen molar-refractivity contribution in [2.75, 3.05) is 13.7 Å². The molecule has 4 nitrogen and oxygen atoms in total. The van der Waals surface area contributed by atoms with Crippen LogP contribution in [0.2, 0.25) is 0 Å². The van der Waals surface area contributed by atoms with Crippen LogP contribution in [0, 0.1) is 0 Å². The van der Waals surface area contributed by atoms with Crippen LogP contribution in [0.25, 0.3) is 0 Å². The first-order valence-electron chi connectivity index (χ1n) is 3.63. The Morgan fingerprint density at radius 3 is 1.85 bits per heavy atom. The Morgan fingerprint density at radius 1 is 1.31 bits per heavy atom. The molecule has 0 aliphatic carbocycles. The molecule has 13 heavy (non-hydrogen) atoms. The molecule has 0 atom stereocenters. The van der Waals surface area contributed by atoms with Gasteiger partial charge in [-0.25, -0.2) is 0 Å². The lowest BCUT2D eigenvalue weighted by Crippen LogP contribution is -1.97. The summed E-state index contributed by atoms with van der Waals surface area (Å²) in [6.07, 6.45) is 0.653. The number of aliphatic hydroxyl groups is 1. The molecule has 0 heterocycles. The monoisotopic (exact) mass is 185 g/mol. The van der Waals surface area contributed by atoms with Gasteiger partial charge >= 0.3 is 0 Å². The Kier molecular flexibility index (Phi) is 14.4. The summed E-state index contributed by atoms with van der Waals surface area (Å²) < 4.78 is 0. The Hall–Kier alpha value is -1.39. The fraction of sp³-hybridized carbons (Fsp3) is 0.222. The summed E-state index contributed by atoms with van der Waals surface area (Å²) >= 11 is 0. The molecule has 0 unspecified atom stereocenters. The summed E-state index contributed by atoms with van der Waals surface area (Å²) in [6.45, 7) is 0.139. The molecule has 0 aliphatic rings. The van der Waals surface area contributed by atoms with E-state index in [0.29, 0.717) is 12.0 Å². The van der Waals surface area contributed by atoms with E-state index in [9.17, 15) is 0 Å². The second-order valence-electron chi connectivity index (χ2n) is 1.74. The smallest absolute Gasteiger partial charge is 0.133 e. The highest BCUT2D eigenvalue weighted by Crippen LogP contribution is 2.02. The zero-order chi connectivity index (χ0) is 10.5. The predicted octanol–water partition coefficient (Wildman–Crippen LogP) is 0.145. The average molecular weight is 185 g/mol. The van der Waals surface area contributed by atoms with Gasteiger partial charge in [-0.15, -0.1) is 0 Å². The Balaban J connectivity index is 0. The number of aliphatic hydroxyl groups excluding tert-OH is 1. The average Bonchev–Trinajstić information content (AvgIpc) is 2.22. The Morgan fingerprint density at radius 2 is 1.69 bits per heavy atom. The molecule has 0 saturated heterocycles. The summed E-state index contributed by atoms with van der Waals surface area (Å²) in [5.74, 6) is 0.322. The van der Waals surface area contributed by atoms with Gasteiger partial charge in [0.15, 0.2) is 0 Å². The summed E-state index contributed by atoms with van der Waals surface area (Å²) in [5.41, 5.74) is 4.66. The van der Waals surface area contributed by atoms with E-state index in [1.165, 1.54) is 0 Å². The third kappa shape index (κ3) is 13.6. The molecule has 0 saturated carbocycles. The minimum Gasteiger partial charge on any atom is -0.508 e. The molecule has 4 N–H and O–H groups in total. The largest absolute Gasteiger partial charge is 0.508 e. The van der Waals surface area contributed by atoms with E-state index < -0.39 is 0 Å². The first-order valence-corrected chi connectivity index (χ1v) is 3.63. The lowest BCUT2D eigenvalue weighted by molar-refractivity contribution is -0.106. The Labute approximate surface area is 77.6 Å². The fourth-order valence-electron chi connectivity index (χ4n) is 0.428. The number of aldehydes is 1. The number of hydrogen-bond donors (Lipinski definition) is 3. The summed E-state index contributed by atoms with van der Waals surface area (Å²) in [5, 5.41) is 15.6. The van der Waals surface area contributed by atoms with E-state index in [0.717, 1.165) is 7.11 Å². The normalized spacial score (nSPS) is 7.00. The molecule has 1 rings (SSSR count). The zero-order valence-electron chi connectivity index (χ0n) is 7.55. The summed E-state index contributed by atoms with van der Waals surface area (Å²) in [6, 6.07) is 8.71. The van der Waals surface area contributed by atoms with Crippen LogP contribution < -0.4 is 5.73 Å². The van der Waals surface area contributed by atoms with Gasteiger partial charge in [-0.05, 0) is 12.1 Å². The van der Waals surface area contributed by atoms with E-state index >= 15 is 0 Å². The Bertz CT molecular complexity index is 189. The van der Waals surface area contributed by atoms with Crippen LogP contribution in [-0.2, 0) is 4.79 Å². The molecule has 1 aromatic rings. The van der Waals surface area contributed by atoms with Gasteiger partial charge in [-0.2, -0.15) is 0 Å². The lowest BCUT2D eigenvalue weighted by Gasteiger charge is -1.82. The molecule has 4 heteroatoms. The molecule has 0 bridgehead atoms. The number of carbonyl (C=O) groups excluding carboxylic acids is 1. The number of aromatic hydroxyl groups is 1. The number of para-hydroxylation sites is 1. The lowest BCUT2D eigenvalue weighted by atomic mass is 10.3. The van der Waals surface area contributed by atoms with Crippen LogP contribution in [0.5, 0.6) is 5.75 Å². The van der Waals surface area contributed by atoms with Crippen LogP contribution >= 0.6 is 0 Å². The van der Waals surface area contributed by atoms with Crippen LogP contribution in [0.3, 0.4) is 0 Å².